The van der Waals surface area contributed by atoms with Gasteiger partial charge in [0.15, 0.2) is 0 Å². The summed E-state index contributed by atoms with van der Waals surface area (Å²) in [7, 11) is 0. The average Bonchev–Trinajstić information content (AvgIpc) is 2.79. The third-order valence-corrected chi connectivity index (χ3v) is 4.84. The molecule has 3 aromatic rings. The van der Waals surface area contributed by atoms with Gasteiger partial charge in [0.05, 0.1) is 13.0 Å². The number of hydrogen-bond donors (Lipinski definition) is 2. The molecule has 3 aromatic carbocycles. The van der Waals surface area contributed by atoms with Crippen LogP contribution in [0, 0.1) is 0 Å². The van der Waals surface area contributed by atoms with Crippen molar-refractivity contribution in [2.24, 2.45) is 0 Å². The number of carboxylic acid groups (broad SMARTS) is 1. The molecule has 0 radical (unpaired) electrons. The number of rotatable bonds is 13. The third-order valence-electron chi connectivity index (χ3n) is 4.84. The maximum atomic E-state index is 10.5. The molecule has 0 aliphatic carbocycles. The van der Waals surface area contributed by atoms with Crippen LogP contribution in [0.5, 0.6) is 11.5 Å². The highest BCUT2D eigenvalue weighted by molar-refractivity contribution is 5.66. The normalized spacial score (nSPS) is 10.6. The van der Waals surface area contributed by atoms with Crippen molar-refractivity contribution in [2.45, 2.75) is 25.9 Å². The lowest BCUT2D eigenvalue weighted by Crippen LogP contribution is -2.20. The second kappa shape index (κ2) is 12.4. The molecule has 5 nitrogen and oxygen atoms in total. The van der Waals surface area contributed by atoms with Crippen molar-refractivity contribution in [2.75, 3.05) is 19.7 Å². The number of ether oxygens (including phenoxy) is 2. The maximum absolute atomic E-state index is 10.5. The predicted octanol–water partition coefficient (Wildman–Crippen LogP) is 4.49. The van der Waals surface area contributed by atoms with E-state index < -0.39 is 5.97 Å². The number of hydrogen-bond acceptors (Lipinski definition) is 4. The first-order valence-electron chi connectivity index (χ1n) is 10.6. The van der Waals surface area contributed by atoms with Crippen molar-refractivity contribution in [3.8, 4) is 11.5 Å². The van der Waals surface area contributed by atoms with Gasteiger partial charge in [-0.25, -0.2) is 0 Å². The molecule has 0 amide bonds. The monoisotopic (exact) mass is 419 g/mol. The molecule has 0 aliphatic rings. The van der Waals surface area contributed by atoms with Crippen LogP contribution in [-0.2, 0) is 24.2 Å². The van der Waals surface area contributed by atoms with Crippen LogP contribution in [0.25, 0.3) is 0 Å². The fourth-order valence-electron chi connectivity index (χ4n) is 3.12. The van der Waals surface area contributed by atoms with Crippen LogP contribution >= 0.6 is 0 Å². The van der Waals surface area contributed by atoms with E-state index in [0.29, 0.717) is 19.8 Å². The first-order valence-corrected chi connectivity index (χ1v) is 10.6. The Morgan fingerprint density at radius 3 is 2.29 bits per heavy atom. The quantitative estimate of drug-likeness (QED) is 0.400. The van der Waals surface area contributed by atoms with Crippen molar-refractivity contribution in [3.63, 3.8) is 0 Å². The van der Waals surface area contributed by atoms with Crippen LogP contribution in [0.3, 0.4) is 0 Å². The Balaban J connectivity index is 1.37. The minimum atomic E-state index is -0.780. The van der Waals surface area contributed by atoms with Crippen LogP contribution in [0.2, 0.25) is 0 Å². The lowest BCUT2D eigenvalue weighted by molar-refractivity contribution is -0.136. The Morgan fingerprint density at radius 1 is 0.742 bits per heavy atom. The Kier molecular flexibility index (Phi) is 8.95. The summed E-state index contributed by atoms with van der Waals surface area (Å²) >= 11 is 0. The van der Waals surface area contributed by atoms with Gasteiger partial charge in [0.1, 0.15) is 18.1 Å². The van der Waals surface area contributed by atoms with E-state index in [0.717, 1.165) is 36.4 Å². The molecule has 0 fully saturated rings. The van der Waals surface area contributed by atoms with E-state index >= 15 is 0 Å². The molecule has 0 atom stereocenters. The summed E-state index contributed by atoms with van der Waals surface area (Å²) in [5, 5.41) is 11.8. The fraction of sp³-hybridized carbons (Fsp3) is 0.269. The molecule has 0 saturated heterocycles. The molecule has 5 heteroatoms. The largest absolute Gasteiger partial charge is 0.493 e. The molecule has 0 saturated carbocycles. The molecule has 2 N–H and O–H groups in total. The van der Waals surface area contributed by atoms with E-state index in [2.05, 4.69) is 35.6 Å². The number of nitrogens with one attached hydrogen (secondary N) is 1. The SMILES string of the molecule is O=C(O)CCNCCc1cccc(OCCc2ccc(OCc3ccccc3)cc2)c1. The second-order valence-electron chi connectivity index (χ2n) is 7.31. The lowest BCUT2D eigenvalue weighted by Gasteiger charge is -2.10. The molecule has 0 heterocycles. The van der Waals surface area contributed by atoms with Crippen molar-refractivity contribution >= 4 is 5.97 Å². The van der Waals surface area contributed by atoms with Gasteiger partial charge in [0.2, 0.25) is 0 Å². The van der Waals surface area contributed by atoms with Gasteiger partial charge in [-0.05, 0) is 53.9 Å². The van der Waals surface area contributed by atoms with Crippen LogP contribution in [-0.4, -0.2) is 30.8 Å². The van der Waals surface area contributed by atoms with Crippen LogP contribution in [0.15, 0.2) is 78.9 Å². The average molecular weight is 420 g/mol. The van der Waals surface area contributed by atoms with Gasteiger partial charge in [-0.2, -0.15) is 0 Å². The van der Waals surface area contributed by atoms with E-state index in [1.54, 1.807) is 0 Å². The molecular weight excluding hydrogens is 390 g/mol. The summed E-state index contributed by atoms with van der Waals surface area (Å²) in [6.45, 7) is 2.40. The van der Waals surface area contributed by atoms with E-state index in [-0.39, 0.29) is 6.42 Å². The summed E-state index contributed by atoms with van der Waals surface area (Å²) in [5.74, 6) is 0.932. The van der Waals surface area contributed by atoms with Gasteiger partial charge in [0.25, 0.3) is 0 Å². The van der Waals surface area contributed by atoms with Crippen molar-refractivity contribution in [1.82, 2.24) is 5.32 Å². The number of aliphatic carboxylic acids is 1. The van der Waals surface area contributed by atoms with Gasteiger partial charge >= 0.3 is 5.97 Å². The first kappa shape index (κ1) is 22.4. The van der Waals surface area contributed by atoms with Crippen LogP contribution in [0.4, 0.5) is 0 Å². The van der Waals surface area contributed by atoms with E-state index in [1.165, 1.54) is 11.1 Å². The Morgan fingerprint density at radius 2 is 1.52 bits per heavy atom. The summed E-state index contributed by atoms with van der Waals surface area (Å²) < 4.78 is 11.7. The van der Waals surface area contributed by atoms with Gasteiger partial charge in [-0.1, -0.05) is 54.6 Å². The summed E-state index contributed by atoms with van der Waals surface area (Å²) in [6.07, 6.45) is 1.80. The highest BCUT2D eigenvalue weighted by Gasteiger charge is 2.01. The van der Waals surface area contributed by atoms with Gasteiger partial charge < -0.3 is 19.9 Å². The van der Waals surface area contributed by atoms with Crippen molar-refractivity contribution in [3.05, 3.63) is 95.6 Å². The lowest BCUT2D eigenvalue weighted by atomic mass is 10.1. The molecule has 0 bridgehead atoms. The maximum Gasteiger partial charge on any atom is 0.304 e. The number of carbonyl (C=O) groups is 1. The summed E-state index contributed by atoms with van der Waals surface area (Å²) in [4.78, 5) is 10.5. The zero-order chi connectivity index (χ0) is 21.7. The van der Waals surface area contributed by atoms with Gasteiger partial charge in [-0.3, -0.25) is 4.79 Å². The standard InChI is InChI=1S/C26H29NO4/c28-26(29)14-17-27-16-13-22-7-4-8-25(19-22)30-18-15-21-9-11-24(12-10-21)31-20-23-5-2-1-3-6-23/h1-12,19,27H,13-18,20H2,(H,28,29). The molecule has 0 unspecified atom stereocenters. The minimum Gasteiger partial charge on any atom is -0.493 e. The highest BCUT2D eigenvalue weighted by Crippen LogP contribution is 2.17. The highest BCUT2D eigenvalue weighted by atomic mass is 16.5. The van der Waals surface area contributed by atoms with E-state index in [4.69, 9.17) is 14.6 Å². The fourth-order valence-corrected chi connectivity index (χ4v) is 3.12. The smallest absolute Gasteiger partial charge is 0.304 e. The van der Waals surface area contributed by atoms with Crippen LogP contribution < -0.4 is 14.8 Å². The second-order valence-corrected chi connectivity index (χ2v) is 7.31. The van der Waals surface area contributed by atoms with Crippen molar-refractivity contribution in [1.29, 1.82) is 0 Å². The molecule has 0 spiro atoms. The van der Waals surface area contributed by atoms with Crippen LogP contribution in [0.1, 0.15) is 23.1 Å². The van der Waals surface area contributed by atoms with E-state index in [1.807, 2.05) is 48.5 Å². The van der Waals surface area contributed by atoms with Gasteiger partial charge in [0, 0.05) is 13.0 Å². The molecule has 0 aromatic heterocycles. The zero-order valence-electron chi connectivity index (χ0n) is 17.6. The molecular formula is C26H29NO4. The Labute approximate surface area is 183 Å². The molecule has 162 valence electrons. The third kappa shape index (κ3) is 8.52. The first-order chi connectivity index (χ1) is 15.2. The Hall–Kier alpha value is -3.31. The summed E-state index contributed by atoms with van der Waals surface area (Å²) in [5.41, 5.74) is 3.52. The predicted molar refractivity (Wildman–Crippen MR) is 122 cm³/mol. The molecule has 0 aliphatic heterocycles. The topological polar surface area (TPSA) is 67.8 Å². The zero-order valence-corrected chi connectivity index (χ0v) is 17.6. The van der Waals surface area contributed by atoms with Crippen molar-refractivity contribution < 1.29 is 19.4 Å². The molecule has 31 heavy (non-hydrogen) atoms. The molecule has 3 rings (SSSR count). The number of benzene rings is 3. The Bertz CT molecular complexity index is 926. The minimum absolute atomic E-state index is 0.142. The van der Waals surface area contributed by atoms with Gasteiger partial charge in [-0.15, -0.1) is 0 Å². The number of carboxylic acids is 1. The van der Waals surface area contributed by atoms with E-state index in [9.17, 15) is 4.79 Å². The summed E-state index contributed by atoms with van der Waals surface area (Å²) in [6, 6.07) is 26.3.